The highest BCUT2D eigenvalue weighted by Gasteiger charge is 2.37. The molecule has 2 unspecified atom stereocenters. The summed E-state index contributed by atoms with van der Waals surface area (Å²) in [6.07, 6.45) is 1.61. The molecule has 0 saturated carbocycles. The summed E-state index contributed by atoms with van der Waals surface area (Å²) in [6, 6.07) is -0.0350. The molecule has 0 aromatic rings. The lowest BCUT2D eigenvalue weighted by atomic mass is 9.86. The number of aliphatic hydroxyl groups is 1. The van der Waals surface area contributed by atoms with Crippen molar-refractivity contribution < 1.29 is 14.7 Å². The maximum absolute atomic E-state index is 10.8. The van der Waals surface area contributed by atoms with Crippen LogP contribution in [0.1, 0.15) is 12.8 Å². The zero-order valence-corrected chi connectivity index (χ0v) is 6.12. The van der Waals surface area contributed by atoms with Crippen molar-refractivity contribution in [3.05, 3.63) is 0 Å². The number of carbonyl (C=O) groups excluding carboxylic acids is 2. The number of hydrogen-bond donors (Lipinski definition) is 2. The maximum atomic E-state index is 10.8. The minimum Gasteiger partial charge on any atom is -0.396 e. The Bertz CT molecular complexity index is 167. The molecule has 0 aromatic carbocycles. The third-order valence-corrected chi connectivity index (χ3v) is 1.94. The lowest BCUT2D eigenvalue weighted by Crippen LogP contribution is -2.58. The Morgan fingerprint density at radius 3 is 2.82 bits per heavy atom. The minimum absolute atomic E-state index is 0.00738. The predicted octanol–water partition coefficient (Wildman–Crippen LogP) is -0.928. The van der Waals surface area contributed by atoms with Gasteiger partial charge in [0.25, 0.3) is 0 Å². The van der Waals surface area contributed by atoms with Gasteiger partial charge in [-0.1, -0.05) is 0 Å². The summed E-state index contributed by atoms with van der Waals surface area (Å²) in [6.45, 7) is 0.00738. The molecule has 0 aliphatic carbocycles. The molecule has 2 N–H and O–H groups in total. The number of carbonyl (C=O) groups is 2. The van der Waals surface area contributed by atoms with E-state index in [1.807, 2.05) is 0 Å². The number of hydrogen-bond acceptors (Lipinski definition) is 3. The molecule has 1 aliphatic heterocycles. The number of aldehydes is 1. The fraction of sp³-hybridized carbons (Fsp3) is 0.714. The maximum Gasteiger partial charge on any atom is 0.225 e. The first-order valence-electron chi connectivity index (χ1n) is 3.64. The molecule has 0 spiro atoms. The van der Waals surface area contributed by atoms with Crippen molar-refractivity contribution >= 4 is 12.2 Å². The van der Waals surface area contributed by atoms with Gasteiger partial charge in [-0.25, -0.2) is 0 Å². The smallest absolute Gasteiger partial charge is 0.225 e. The van der Waals surface area contributed by atoms with Crippen molar-refractivity contribution in [2.45, 2.75) is 18.9 Å². The molecular weight excluding hydrogens is 146 g/mol. The van der Waals surface area contributed by atoms with Crippen LogP contribution in [0.2, 0.25) is 0 Å². The van der Waals surface area contributed by atoms with Gasteiger partial charge in [-0.15, -0.1) is 0 Å². The zero-order valence-electron chi connectivity index (χ0n) is 6.12. The van der Waals surface area contributed by atoms with Gasteiger partial charge in [0.2, 0.25) is 5.91 Å². The molecule has 0 bridgehead atoms. The van der Waals surface area contributed by atoms with Crippen LogP contribution in [0.3, 0.4) is 0 Å². The molecule has 0 aromatic heterocycles. The summed E-state index contributed by atoms with van der Waals surface area (Å²) in [7, 11) is 0. The molecule has 1 fully saturated rings. The van der Waals surface area contributed by atoms with Crippen LogP contribution in [0.15, 0.2) is 0 Å². The Kier molecular flexibility index (Phi) is 2.59. The molecule has 11 heavy (non-hydrogen) atoms. The number of amides is 1. The minimum atomic E-state index is -0.148. The number of β-lactam (4-membered cyclic amide) rings is 1. The van der Waals surface area contributed by atoms with Crippen LogP contribution in [-0.4, -0.2) is 29.9 Å². The lowest BCUT2D eigenvalue weighted by molar-refractivity contribution is -0.136. The molecular formula is C7H11NO3. The first-order chi connectivity index (χ1) is 5.29. The van der Waals surface area contributed by atoms with Crippen molar-refractivity contribution in [2.24, 2.45) is 5.92 Å². The van der Waals surface area contributed by atoms with E-state index in [1.54, 1.807) is 0 Å². The summed E-state index contributed by atoms with van der Waals surface area (Å²) in [4.78, 5) is 20.8. The van der Waals surface area contributed by atoms with E-state index in [0.29, 0.717) is 12.8 Å². The molecule has 62 valence electrons. The van der Waals surface area contributed by atoms with Gasteiger partial charge in [0.05, 0.1) is 5.92 Å². The van der Waals surface area contributed by atoms with Crippen molar-refractivity contribution in [2.75, 3.05) is 6.61 Å². The Morgan fingerprint density at radius 1 is 1.64 bits per heavy atom. The van der Waals surface area contributed by atoms with E-state index >= 15 is 0 Å². The van der Waals surface area contributed by atoms with Gasteiger partial charge in [0.1, 0.15) is 6.29 Å². The second kappa shape index (κ2) is 3.48. The fourth-order valence-electron chi connectivity index (χ4n) is 1.28. The summed E-state index contributed by atoms with van der Waals surface area (Å²) in [5.74, 6) is -0.198. The lowest BCUT2D eigenvalue weighted by Gasteiger charge is -2.35. The first kappa shape index (κ1) is 8.20. The molecule has 1 amide bonds. The quantitative estimate of drug-likeness (QED) is 0.409. The van der Waals surface area contributed by atoms with E-state index in [2.05, 4.69) is 5.32 Å². The normalized spacial score (nSPS) is 29.0. The fourth-order valence-corrected chi connectivity index (χ4v) is 1.28. The highest BCUT2D eigenvalue weighted by atomic mass is 16.3. The van der Waals surface area contributed by atoms with Gasteiger partial charge in [0.15, 0.2) is 0 Å². The number of aliphatic hydroxyl groups excluding tert-OH is 1. The molecule has 1 rings (SSSR count). The Balaban J connectivity index is 2.34. The van der Waals surface area contributed by atoms with Crippen molar-refractivity contribution in [3.8, 4) is 0 Å². The topological polar surface area (TPSA) is 66.4 Å². The van der Waals surface area contributed by atoms with Crippen LogP contribution in [-0.2, 0) is 9.59 Å². The second-order valence-electron chi connectivity index (χ2n) is 2.64. The molecule has 1 heterocycles. The van der Waals surface area contributed by atoms with Crippen LogP contribution < -0.4 is 5.32 Å². The summed E-state index contributed by atoms with van der Waals surface area (Å²) in [5.41, 5.74) is 0. The molecule has 1 saturated heterocycles. The van der Waals surface area contributed by atoms with Gasteiger partial charge < -0.3 is 15.2 Å². The highest BCUT2D eigenvalue weighted by Crippen LogP contribution is 2.20. The van der Waals surface area contributed by atoms with E-state index < -0.39 is 0 Å². The second-order valence-corrected chi connectivity index (χ2v) is 2.64. The first-order valence-corrected chi connectivity index (χ1v) is 3.64. The predicted molar refractivity (Wildman–Crippen MR) is 37.8 cm³/mol. The van der Waals surface area contributed by atoms with E-state index in [1.165, 1.54) is 0 Å². The Labute approximate surface area is 64.6 Å². The number of nitrogens with one attached hydrogen (secondary N) is 1. The Morgan fingerprint density at radius 2 is 2.36 bits per heavy atom. The molecule has 2 atom stereocenters. The van der Waals surface area contributed by atoms with Crippen LogP contribution >= 0.6 is 0 Å². The summed E-state index contributed by atoms with van der Waals surface area (Å²) >= 11 is 0. The molecule has 4 nitrogen and oxygen atoms in total. The van der Waals surface area contributed by atoms with E-state index in [-0.39, 0.29) is 24.5 Å². The van der Waals surface area contributed by atoms with Crippen LogP contribution in [0.25, 0.3) is 0 Å². The van der Waals surface area contributed by atoms with Gasteiger partial charge in [-0.3, -0.25) is 4.79 Å². The average molecular weight is 157 g/mol. The zero-order chi connectivity index (χ0) is 8.27. The van der Waals surface area contributed by atoms with Crippen molar-refractivity contribution in [3.63, 3.8) is 0 Å². The average Bonchev–Trinajstić information content (AvgIpc) is 2.00. The standard InChI is InChI=1S/C7H11NO3/c9-3-1-5-6(2-4-10)8-7(5)11/h4-6,9H,1-3H2,(H,8,11). The van der Waals surface area contributed by atoms with Gasteiger partial charge in [-0.05, 0) is 6.42 Å². The summed E-state index contributed by atoms with van der Waals surface area (Å²) in [5, 5.41) is 11.1. The molecule has 4 heteroatoms. The van der Waals surface area contributed by atoms with E-state index in [9.17, 15) is 9.59 Å². The van der Waals surface area contributed by atoms with Crippen LogP contribution in [0.5, 0.6) is 0 Å². The third-order valence-electron chi connectivity index (χ3n) is 1.94. The molecule has 1 aliphatic rings. The third kappa shape index (κ3) is 1.57. The van der Waals surface area contributed by atoms with Crippen LogP contribution in [0.4, 0.5) is 0 Å². The number of rotatable bonds is 4. The monoisotopic (exact) mass is 157 g/mol. The molecule has 0 radical (unpaired) electrons. The Hall–Kier alpha value is -0.900. The van der Waals surface area contributed by atoms with Gasteiger partial charge >= 0.3 is 0 Å². The summed E-state index contributed by atoms with van der Waals surface area (Å²) < 4.78 is 0. The van der Waals surface area contributed by atoms with E-state index in [0.717, 1.165) is 6.29 Å². The van der Waals surface area contributed by atoms with Crippen molar-refractivity contribution in [1.82, 2.24) is 5.32 Å². The largest absolute Gasteiger partial charge is 0.396 e. The van der Waals surface area contributed by atoms with Crippen molar-refractivity contribution in [1.29, 1.82) is 0 Å². The SMILES string of the molecule is O=CCC1NC(=O)C1CCO. The van der Waals surface area contributed by atoms with Gasteiger partial charge in [0, 0.05) is 19.1 Å². The van der Waals surface area contributed by atoms with Gasteiger partial charge in [-0.2, -0.15) is 0 Å². The van der Waals surface area contributed by atoms with Crippen LogP contribution in [0, 0.1) is 5.92 Å². The van der Waals surface area contributed by atoms with E-state index in [4.69, 9.17) is 5.11 Å². The highest BCUT2D eigenvalue weighted by molar-refractivity contribution is 5.86.